The molecule has 0 atom stereocenters. The van der Waals surface area contributed by atoms with Crippen molar-refractivity contribution in [2.45, 2.75) is 64.2 Å². The third kappa shape index (κ3) is 4.80. The standard InChI is InChI=1S/C39H38Cl2/c1-37(2,3)29-12-11-25-21-35-34(33(25)22-29)23-30(38(4,5)6)24-36(35)39(26-9-7-8-10-26,27-13-17-31(40)18-14-27)28-15-19-32(41)20-16-28/h7-20,22-24,26H,21H2,1-6H3. The molecule has 2 aliphatic rings. The maximum absolute atomic E-state index is 6.48. The zero-order valence-electron chi connectivity index (χ0n) is 24.9. The Morgan fingerprint density at radius 2 is 1.05 bits per heavy atom. The van der Waals surface area contributed by atoms with Crippen LogP contribution in [0.2, 0.25) is 10.0 Å². The van der Waals surface area contributed by atoms with Crippen LogP contribution in [0, 0.1) is 5.92 Å². The minimum atomic E-state index is -0.473. The van der Waals surface area contributed by atoms with Gasteiger partial charge >= 0.3 is 0 Å². The zero-order valence-corrected chi connectivity index (χ0v) is 26.4. The number of hydrogen-bond donors (Lipinski definition) is 0. The van der Waals surface area contributed by atoms with Crippen LogP contribution < -0.4 is 0 Å². The highest BCUT2D eigenvalue weighted by molar-refractivity contribution is 6.30. The molecular weight excluding hydrogens is 539 g/mol. The van der Waals surface area contributed by atoms with E-state index in [0.29, 0.717) is 0 Å². The molecule has 0 spiro atoms. The number of fused-ring (bicyclic) bond motifs is 3. The lowest BCUT2D eigenvalue weighted by Gasteiger charge is -2.42. The molecule has 0 amide bonds. The van der Waals surface area contributed by atoms with Crippen molar-refractivity contribution in [2.24, 2.45) is 5.92 Å². The molecule has 0 nitrogen and oxygen atoms in total. The minimum absolute atomic E-state index is 0.0265. The molecule has 0 radical (unpaired) electrons. The molecule has 6 rings (SSSR count). The highest BCUT2D eigenvalue weighted by Gasteiger charge is 2.45. The van der Waals surface area contributed by atoms with Crippen molar-refractivity contribution in [3.05, 3.63) is 152 Å². The van der Waals surface area contributed by atoms with Gasteiger partial charge in [-0.25, -0.2) is 0 Å². The molecule has 4 aromatic carbocycles. The van der Waals surface area contributed by atoms with Gasteiger partial charge < -0.3 is 0 Å². The van der Waals surface area contributed by atoms with Crippen molar-refractivity contribution < 1.29 is 0 Å². The smallest absolute Gasteiger partial charge is 0.0551 e. The Morgan fingerprint density at radius 1 is 0.561 bits per heavy atom. The number of rotatable bonds is 4. The van der Waals surface area contributed by atoms with Gasteiger partial charge in [-0.1, -0.05) is 144 Å². The molecule has 0 N–H and O–H groups in total. The van der Waals surface area contributed by atoms with Crippen LogP contribution >= 0.6 is 23.2 Å². The first-order chi connectivity index (χ1) is 19.4. The molecule has 4 aromatic rings. The van der Waals surface area contributed by atoms with Gasteiger partial charge in [-0.05, 0) is 91.6 Å². The van der Waals surface area contributed by atoms with Gasteiger partial charge in [0.15, 0.2) is 0 Å². The molecule has 2 aliphatic carbocycles. The summed E-state index contributed by atoms with van der Waals surface area (Å²) in [6.07, 6.45) is 9.98. The third-order valence-corrected chi connectivity index (χ3v) is 9.53. The van der Waals surface area contributed by atoms with Crippen molar-refractivity contribution in [3.63, 3.8) is 0 Å². The van der Waals surface area contributed by atoms with Gasteiger partial charge in [0.2, 0.25) is 0 Å². The van der Waals surface area contributed by atoms with Gasteiger partial charge in [0, 0.05) is 16.0 Å². The number of allylic oxidation sites excluding steroid dienone is 4. The lowest BCUT2D eigenvalue weighted by Crippen LogP contribution is -2.37. The topological polar surface area (TPSA) is 0 Å². The summed E-state index contributed by atoms with van der Waals surface area (Å²) < 4.78 is 0. The molecule has 0 unspecified atom stereocenters. The molecule has 41 heavy (non-hydrogen) atoms. The normalized spacial score (nSPS) is 14.9. The van der Waals surface area contributed by atoms with Crippen LogP contribution in [0.4, 0.5) is 0 Å². The molecule has 0 aromatic heterocycles. The maximum atomic E-state index is 6.48. The fourth-order valence-corrected chi connectivity index (χ4v) is 6.97. The van der Waals surface area contributed by atoms with Crippen LogP contribution in [0.25, 0.3) is 11.1 Å². The summed E-state index contributed by atoms with van der Waals surface area (Å²) in [4.78, 5) is 0. The lowest BCUT2D eigenvalue weighted by molar-refractivity contribution is 0.520. The summed E-state index contributed by atoms with van der Waals surface area (Å²) in [5.41, 5.74) is 11.7. The van der Waals surface area contributed by atoms with Crippen molar-refractivity contribution in [2.75, 3.05) is 0 Å². The van der Waals surface area contributed by atoms with Gasteiger partial charge in [-0.3, -0.25) is 0 Å². The molecule has 0 heterocycles. The van der Waals surface area contributed by atoms with E-state index < -0.39 is 5.41 Å². The highest BCUT2D eigenvalue weighted by atomic mass is 35.5. The summed E-state index contributed by atoms with van der Waals surface area (Å²) >= 11 is 13.0. The van der Waals surface area contributed by atoms with Crippen LogP contribution in [0.3, 0.4) is 0 Å². The Balaban J connectivity index is 1.75. The second-order valence-electron chi connectivity index (χ2n) is 13.7. The van der Waals surface area contributed by atoms with E-state index in [-0.39, 0.29) is 16.7 Å². The van der Waals surface area contributed by atoms with E-state index >= 15 is 0 Å². The van der Waals surface area contributed by atoms with E-state index in [4.69, 9.17) is 23.2 Å². The first-order valence-corrected chi connectivity index (χ1v) is 15.3. The van der Waals surface area contributed by atoms with E-state index in [9.17, 15) is 0 Å². The van der Waals surface area contributed by atoms with Crippen LogP contribution in [-0.2, 0) is 22.7 Å². The lowest BCUT2D eigenvalue weighted by atomic mass is 9.60. The van der Waals surface area contributed by atoms with Crippen LogP contribution in [-0.4, -0.2) is 0 Å². The maximum Gasteiger partial charge on any atom is 0.0551 e. The van der Waals surface area contributed by atoms with Crippen molar-refractivity contribution in [1.29, 1.82) is 0 Å². The number of hydrogen-bond acceptors (Lipinski definition) is 0. The van der Waals surface area contributed by atoms with E-state index in [0.717, 1.165) is 16.5 Å². The Bertz CT molecular complexity index is 1610. The average Bonchev–Trinajstić information content (AvgIpc) is 3.58. The van der Waals surface area contributed by atoms with E-state index in [1.54, 1.807) is 0 Å². The second kappa shape index (κ2) is 10.0. The summed E-state index contributed by atoms with van der Waals surface area (Å²) in [6, 6.07) is 29.1. The van der Waals surface area contributed by atoms with Crippen molar-refractivity contribution >= 4 is 23.2 Å². The fraction of sp³-hybridized carbons (Fsp3) is 0.282. The third-order valence-electron chi connectivity index (χ3n) is 9.02. The van der Waals surface area contributed by atoms with Crippen molar-refractivity contribution in [3.8, 4) is 11.1 Å². The SMILES string of the molecule is CC(C)(C)c1ccc2c(c1)-c1cc(C(C)(C)C)cc(C(c3ccc(Cl)cc3)(c3ccc(Cl)cc3)C3C=CC=C3)c1C2. The summed E-state index contributed by atoms with van der Waals surface area (Å²) in [5, 5.41) is 1.49. The predicted molar refractivity (Wildman–Crippen MR) is 177 cm³/mol. The summed E-state index contributed by atoms with van der Waals surface area (Å²) in [5.74, 6) is 0.123. The van der Waals surface area contributed by atoms with E-state index in [1.165, 1.54) is 50.1 Å². The van der Waals surface area contributed by atoms with Gasteiger partial charge in [0.1, 0.15) is 0 Å². The first kappa shape index (κ1) is 28.1. The molecule has 0 aliphatic heterocycles. The highest BCUT2D eigenvalue weighted by Crippen LogP contribution is 2.54. The van der Waals surface area contributed by atoms with Gasteiger partial charge in [0.25, 0.3) is 0 Å². The monoisotopic (exact) mass is 576 g/mol. The number of benzene rings is 4. The summed E-state index contributed by atoms with van der Waals surface area (Å²) in [7, 11) is 0. The second-order valence-corrected chi connectivity index (χ2v) is 14.6. The Hall–Kier alpha value is -3.06. The molecule has 208 valence electrons. The quantitative estimate of drug-likeness (QED) is 0.186. The zero-order chi connectivity index (χ0) is 29.2. The van der Waals surface area contributed by atoms with Gasteiger partial charge in [-0.2, -0.15) is 0 Å². The largest absolute Gasteiger partial charge is 0.0843 e. The Labute approximate surface area is 255 Å². The molecule has 2 heteroatoms. The molecule has 0 fully saturated rings. The molecule has 0 saturated carbocycles. The predicted octanol–water partition coefficient (Wildman–Crippen LogP) is 11.2. The molecule has 0 saturated heterocycles. The minimum Gasteiger partial charge on any atom is -0.0843 e. The fourth-order valence-electron chi connectivity index (χ4n) is 6.71. The van der Waals surface area contributed by atoms with Gasteiger partial charge in [-0.15, -0.1) is 0 Å². The Kier molecular flexibility index (Phi) is 6.88. The van der Waals surface area contributed by atoms with E-state index in [1.807, 2.05) is 24.3 Å². The van der Waals surface area contributed by atoms with Crippen LogP contribution in [0.5, 0.6) is 0 Å². The molecular formula is C39H38Cl2. The Morgan fingerprint density at radius 3 is 1.56 bits per heavy atom. The number of halogens is 2. The summed E-state index contributed by atoms with van der Waals surface area (Å²) in [6.45, 7) is 13.9. The van der Waals surface area contributed by atoms with E-state index in [2.05, 4.69) is 120 Å². The van der Waals surface area contributed by atoms with Crippen LogP contribution in [0.15, 0.2) is 103 Å². The van der Waals surface area contributed by atoms with Gasteiger partial charge in [0.05, 0.1) is 5.41 Å². The average molecular weight is 578 g/mol. The first-order valence-electron chi connectivity index (χ1n) is 14.6. The molecule has 0 bridgehead atoms. The van der Waals surface area contributed by atoms with Crippen molar-refractivity contribution in [1.82, 2.24) is 0 Å². The van der Waals surface area contributed by atoms with Crippen LogP contribution in [0.1, 0.15) is 80.5 Å².